The fourth-order valence-corrected chi connectivity index (χ4v) is 3.50. The third kappa shape index (κ3) is 3.65. The second kappa shape index (κ2) is 7.54. The minimum atomic E-state index is -0.174. The van der Waals surface area contributed by atoms with Gasteiger partial charge in [-0.05, 0) is 58.2 Å². The Hall–Kier alpha value is -3.42. The van der Waals surface area contributed by atoms with Crippen molar-refractivity contribution in [1.29, 1.82) is 0 Å². The van der Waals surface area contributed by atoms with Crippen LogP contribution in [-0.2, 0) is 6.42 Å². The Labute approximate surface area is 167 Å². The molecule has 0 unspecified atom stereocenters. The molecule has 0 fully saturated rings. The van der Waals surface area contributed by atoms with E-state index in [1.807, 2.05) is 33.0 Å². The number of aryl methyl sites for hydroxylation is 5. The highest BCUT2D eigenvalue weighted by molar-refractivity contribution is 6.07. The molecule has 4 heterocycles. The number of pyridine rings is 1. The average Bonchev–Trinajstić information content (AvgIpc) is 3.37. The van der Waals surface area contributed by atoms with Crippen molar-refractivity contribution >= 4 is 17.0 Å². The molecule has 0 aliphatic rings. The highest BCUT2D eigenvalue weighted by atomic mass is 16.5. The molecular formula is C21H23N5O3. The minimum absolute atomic E-state index is 0.174. The summed E-state index contributed by atoms with van der Waals surface area (Å²) < 4.78 is 11.0. The Morgan fingerprint density at radius 2 is 2.03 bits per heavy atom. The molecular weight excluding hydrogens is 370 g/mol. The Balaban J connectivity index is 1.58. The molecule has 0 aromatic carbocycles. The molecule has 29 heavy (non-hydrogen) atoms. The molecule has 4 aromatic heterocycles. The third-order valence-corrected chi connectivity index (χ3v) is 5.02. The molecule has 2 N–H and O–H groups in total. The van der Waals surface area contributed by atoms with Gasteiger partial charge in [0.1, 0.15) is 11.5 Å². The maximum atomic E-state index is 13.0. The van der Waals surface area contributed by atoms with E-state index in [2.05, 4.69) is 25.7 Å². The first-order valence-corrected chi connectivity index (χ1v) is 9.55. The van der Waals surface area contributed by atoms with Gasteiger partial charge in [-0.3, -0.25) is 9.89 Å². The summed E-state index contributed by atoms with van der Waals surface area (Å²) in [5.41, 5.74) is 5.17. The summed E-state index contributed by atoms with van der Waals surface area (Å²) in [6, 6.07) is 3.68. The zero-order valence-electron chi connectivity index (χ0n) is 16.9. The Kier molecular flexibility index (Phi) is 4.92. The van der Waals surface area contributed by atoms with Gasteiger partial charge in [0, 0.05) is 17.8 Å². The smallest absolute Gasteiger partial charge is 0.259 e. The van der Waals surface area contributed by atoms with Gasteiger partial charge in [-0.25, -0.2) is 4.98 Å². The van der Waals surface area contributed by atoms with Crippen LogP contribution in [0.15, 0.2) is 27.3 Å². The summed E-state index contributed by atoms with van der Waals surface area (Å²) in [5, 5.41) is 14.6. The molecule has 0 saturated carbocycles. The number of nitrogens with zero attached hydrogens (tertiary/aromatic N) is 3. The molecule has 0 bridgehead atoms. The maximum absolute atomic E-state index is 13.0. The van der Waals surface area contributed by atoms with Gasteiger partial charge in [0.15, 0.2) is 0 Å². The van der Waals surface area contributed by atoms with Gasteiger partial charge in [0.25, 0.3) is 11.6 Å². The predicted octanol–water partition coefficient (Wildman–Crippen LogP) is 3.80. The standard InChI is InChI=1S/C21H23N5O3/c1-11-8-16(14(4)28-11)18-9-17(19-13(3)26-29-21(19)24-18)20(27)22-7-5-6-15-10-23-25-12(15)2/h8-10H,5-7H2,1-4H3,(H,22,27)(H,23,25). The molecule has 0 aliphatic heterocycles. The van der Waals surface area contributed by atoms with E-state index < -0.39 is 0 Å². The van der Waals surface area contributed by atoms with Crippen LogP contribution in [0.1, 0.15) is 45.3 Å². The van der Waals surface area contributed by atoms with Crippen molar-refractivity contribution in [3.8, 4) is 11.3 Å². The number of fused-ring (bicyclic) bond motifs is 1. The van der Waals surface area contributed by atoms with Crippen LogP contribution in [0.2, 0.25) is 0 Å². The number of carbonyl (C=O) groups excluding carboxylic acids is 1. The maximum Gasteiger partial charge on any atom is 0.259 e. The predicted molar refractivity (Wildman–Crippen MR) is 108 cm³/mol. The van der Waals surface area contributed by atoms with Crippen molar-refractivity contribution in [2.75, 3.05) is 6.54 Å². The number of nitrogens with one attached hydrogen (secondary N) is 2. The summed E-state index contributed by atoms with van der Waals surface area (Å²) >= 11 is 0. The van der Waals surface area contributed by atoms with Gasteiger partial charge in [-0.15, -0.1) is 0 Å². The molecule has 0 radical (unpaired) electrons. The molecule has 8 nitrogen and oxygen atoms in total. The number of rotatable bonds is 6. The van der Waals surface area contributed by atoms with E-state index in [9.17, 15) is 4.79 Å². The van der Waals surface area contributed by atoms with Gasteiger partial charge in [-0.2, -0.15) is 5.10 Å². The van der Waals surface area contributed by atoms with Crippen LogP contribution in [0, 0.1) is 27.7 Å². The number of aromatic nitrogens is 4. The Morgan fingerprint density at radius 3 is 2.72 bits per heavy atom. The lowest BCUT2D eigenvalue weighted by molar-refractivity contribution is 0.0954. The molecule has 1 amide bonds. The summed E-state index contributed by atoms with van der Waals surface area (Å²) in [6.07, 6.45) is 3.49. The van der Waals surface area contributed by atoms with E-state index >= 15 is 0 Å². The first kappa shape index (κ1) is 18.9. The number of hydrogen-bond donors (Lipinski definition) is 2. The van der Waals surface area contributed by atoms with Crippen LogP contribution in [-0.4, -0.2) is 32.8 Å². The van der Waals surface area contributed by atoms with Gasteiger partial charge in [0.05, 0.1) is 28.5 Å². The van der Waals surface area contributed by atoms with Crippen molar-refractivity contribution < 1.29 is 13.7 Å². The second-order valence-electron chi connectivity index (χ2n) is 7.21. The van der Waals surface area contributed by atoms with E-state index in [0.29, 0.717) is 34.6 Å². The summed E-state index contributed by atoms with van der Waals surface area (Å²) in [4.78, 5) is 17.5. The van der Waals surface area contributed by atoms with Crippen molar-refractivity contribution in [3.63, 3.8) is 0 Å². The number of aromatic amines is 1. The highest BCUT2D eigenvalue weighted by Crippen LogP contribution is 2.30. The average molecular weight is 393 g/mol. The van der Waals surface area contributed by atoms with Gasteiger partial charge in [0.2, 0.25) is 0 Å². The van der Waals surface area contributed by atoms with Crippen LogP contribution >= 0.6 is 0 Å². The monoisotopic (exact) mass is 393 g/mol. The molecule has 4 aromatic rings. The number of H-pyrrole nitrogens is 1. The van der Waals surface area contributed by atoms with Crippen molar-refractivity contribution in [3.05, 3.63) is 52.4 Å². The first-order valence-electron chi connectivity index (χ1n) is 9.55. The molecule has 150 valence electrons. The van der Waals surface area contributed by atoms with Crippen molar-refractivity contribution in [1.82, 2.24) is 25.7 Å². The quantitative estimate of drug-likeness (QED) is 0.482. The van der Waals surface area contributed by atoms with E-state index in [-0.39, 0.29) is 5.91 Å². The second-order valence-corrected chi connectivity index (χ2v) is 7.21. The first-order chi connectivity index (χ1) is 13.9. The van der Waals surface area contributed by atoms with E-state index in [1.165, 1.54) is 0 Å². The van der Waals surface area contributed by atoms with Crippen LogP contribution in [0.4, 0.5) is 0 Å². The summed E-state index contributed by atoms with van der Waals surface area (Å²) in [7, 11) is 0. The summed E-state index contributed by atoms with van der Waals surface area (Å²) in [5.74, 6) is 1.35. The highest BCUT2D eigenvalue weighted by Gasteiger charge is 2.20. The topological polar surface area (TPSA) is 110 Å². The summed E-state index contributed by atoms with van der Waals surface area (Å²) in [6.45, 7) is 8.10. The molecule has 4 rings (SSSR count). The Bertz CT molecular complexity index is 1180. The SMILES string of the molecule is Cc1cc(-c2cc(C(=O)NCCCc3cn[nH]c3C)c3c(C)noc3n2)c(C)o1. The number of furan rings is 1. The third-order valence-electron chi connectivity index (χ3n) is 5.02. The number of hydrogen-bond acceptors (Lipinski definition) is 6. The van der Waals surface area contributed by atoms with Gasteiger partial charge in [-0.1, -0.05) is 5.16 Å². The number of carbonyl (C=O) groups is 1. The van der Waals surface area contributed by atoms with Crippen molar-refractivity contribution in [2.24, 2.45) is 0 Å². The molecule has 0 aliphatic carbocycles. The lowest BCUT2D eigenvalue weighted by Crippen LogP contribution is -2.25. The minimum Gasteiger partial charge on any atom is -0.466 e. The van der Waals surface area contributed by atoms with Crippen molar-refractivity contribution in [2.45, 2.75) is 40.5 Å². The molecule has 0 saturated heterocycles. The zero-order chi connectivity index (χ0) is 20.5. The largest absolute Gasteiger partial charge is 0.466 e. The van der Waals surface area contributed by atoms with Crippen LogP contribution in [0.25, 0.3) is 22.4 Å². The molecule has 0 atom stereocenters. The van der Waals surface area contributed by atoms with Crippen LogP contribution in [0.3, 0.4) is 0 Å². The van der Waals surface area contributed by atoms with Gasteiger partial charge >= 0.3 is 0 Å². The van der Waals surface area contributed by atoms with Crippen LogP contribution in [0.5, 0.6) is 0 Å². The molecule has 0 spiro atoms. The molecule has 8 heteroatoms. The zero-order valence-corrected chi connectivity index (χ0v) is 16.9. The van der Waals surface area contributed by atoms with Gasteiger partial charge < -0.3 is 14.3 Å². The van der Waals surface area contributed by atoms with E-state index in [4.69, 9.17) is 8.94 Å². The van der Waals surface area contributed by atoms with Crippen LogP contribution < -0.4 is 5.32 Å². The lowest BCUT2D eigenvalue weighted by Gasteiger charge is -2.08. The fraction of sp³-hybridized carbons (Fsp3) is 0.333. The normalized spacial score (nSPS) is 11.3. The lowest BCUT2D eigenvalue weighted by atomic mass is 10.1. The van der Waals surface area contributed by atoms with E-state index in [0.717, 1.165) is 41.2 Å². The Morgan fingerprint density at radius 1 is 1.21 bits per heavy atom. The fourth-order valence-electron chi connectivity index (χ4n) is 3.50. The van der Waals surface area contributed by atoms with E-state index in [1.54, 1.807) is 13.0 Å². The number of amides is 1.